The van der Waals surface area contributed by atoms with Gasteiger partial charge in [0.25, 0.3) is 5.69 Å². The van der Waals surface area contributed by atoms with E-state index in [0.29, 0.717) is 5.69 Å². The third-order valence-electron chi connectivity index (χ3n) is 1.90. The topological polar surface area (TPSA) is 81.2 Å². The minimum atomic E-state index is -0.463. The van der Waals surface area contributed by atoms with E-state index in [0.717, 1.165) is 17.1 Å². The van der Waals surface area contributed by atoms with Gasteiger partial charge in [-0.2, -0.15) is 0 Å². The van der Waals surface area contributed by atoms with E-state index >= 15 is 0 Å². The molecule has 17 heavy (non-hydrogen) atoms. The molecule has 3 N–H and O–H groups in total. The van der Waals surface area contributed by atoms with Crippen molar-refractivity contribution in [1.29, 1.82) is 0 Å². The highest BCUT2D eigenvalue weighted by Gasteiger charge is 2.14. The van der Waals surface area contributed by atoms with Crippen LogP contribution in [0.3, 0.4) is 0 Å². The van der Waals surface area contributed by atoms with Gasteiger partial charge in [0.1, 0.15) is 5.69 Å². The monoisotopic (exact) mass is 271 g/mol. The fraction of sp³-hybridized carbons (Fsp3) is 0.300. The van der Waals surface area contributed by atoms with Crippen molar-refractivity contribution in [3.63, 3.8) is 0 Å². The fourth-order valence-corrected chi connectivity index (χ4v) is 2.13. The molecule has 5 nitrogen and oxygen atoms in total. The molecule has 7 heteroatoms. The minimum absolute atomic E-state index is 0.0192. The molecule has 0 unspecified atom stereocenters. The van der Waals surface area contributed by atoms with E-state index < -0.39 is 4.92 Å². The van der Waals surface area contributed by atoms with E-state index in [1.54, 1.807) is 23.9 Å². The van der Waals surface area contributed by atoms with Crippen LogP contribution in [0.4, 0.5) is 11.4 Å². The predicted octanol–water partition coefficient (Wildman–Crippen LogP) is 2.75. The molecule has 0 aliphatic carbocycles. The van der Waals surface area contributed by atoms with Gasteiger partial charge in [-0.15, -0.1) is 11.8 Å². The maximum absolute atomic E-state index is 10.8. The Bertz CT molecular complexity index is 438. The number of anilines is 1. The first-order valence-corrected chi connectivity index (χ1v) is 6.41. The van der Waals surface area contributed by atoms with Crippen LogP contribution < -0.4 is 11.1 Å². The van der Waals surface area contributed by atoms with Crippen molar-refractivity contribution in [2.45, 2.75) is 18.2 Å². The first-order chi connectivity index (χ1) is 8.04. The average molecular weight is 271 g/mol. The van der Waals surface area contributed by atoms with Crippen LogP contribution in [0.25, 0.3) is 0 Å². The van der Waals surface area contributed by atoms with Gasteiger partial charge in [0, 0.05) is 11.0 Å². The van der Waals surface area contributed by atoms with Crippen molar-refractivity contribution in [2.24, 2.45) is 5.73 Å². The second kappa shape index (κ2) is 6.41. The van der Waals surface area contributed by atoms with Gasteiger partial charge in [-0.05, 0) is 36.5 Å². The van der Waals surface area contributed by atoms with Crippen LogP contribution in [0.2, 0.25) is 0 Å². The van der Waals surface area contributed by atoms with Crippen LogP contribution in [0.5, 0.6) is 0 Å². The minimum Gasteiger partial charge on any atom is -0.376 e. The average Bonchev–Trinajstić information content (AvgIpc) is 2.25. The second-order valence-electron chi connectivity index (χ2n) is 3.27. The number of hydrogen-bond acceptors (Lipinski definition) is 4. The van der Waals surface area contributed by atoms with Crippen molar-refractivity contribution in [3.8, 4) is 0 Å². The summed E-state index contributed by atoms with van der Waals surface area (Å²) in [4.78, 5) is 11.3. The molecule has 0 aromatic heterocycles. The quantitative estimate of drug-likeness (QED) is 0.371. The van der Waals surface area contributed by atoms with Crippen LogP contribution in [0.15, 0.2) is 23.1 Å². The summed E-state index contributed by atoms with van der Waals surface area (Å²) in [6.07, 6.45) is 1.04. The Morgan fingerprint density at radius 2 is 2.35 bits per heavy atom. The third kappa shape index (κ3) is 4.20. The molecule has 0 radical (unpaired) electrons. The van der Waals surface area contributed by atoms with E-state index in [2.05, 4.69) is 12.2 Å². The summed E-state index contributed by atoms with van der Waals surface area (Å²) in [7, 11) is 0. The van der Waals surface area contributed by atoms with Crippen molar-refractivity contribution in [3.05, 3.63) is 28.3 Å². The lowest BCUT2D eigenvalue weighted by molar-refractivity contribution is -0.383. The van der Waals surface area contributed by atoms with Crippen molar-refractivity contribution in [1.82, 2.24) is 0 Å². The summed E-state index contributed by atoms with van der Waals surface area (Å²) < 4.78 is 0. The standard InChI is InChI=1S/C10H13N3O2S2/c1-2-5-17-7-3-4-9(13(14)15)8(6-7)12-10(11)16/h3-4,6H,2,5H2,1H3,(H3,11,12,16). The molecule has 0 heterocycles. The number of nitrogens with zero attached hydrogens (tertiary/aromatic N) is 1. The summed E-state index contributed by atoms with van der Waals surface area (Å²) in [5.41, 5.74) is 5.64. The zero-order valence-corrected chi connectivity index (χ0v) is 10.9. The Kier molecular flexibility index (Phi) is 5.17. The Morgan fingerprint density at radius 1 is 1.65 bits per heavy atom. The Hall–Kier alpha value is -1.34. The van der Waals surface area contributed by atoms with Gasteiger partial charge < -0.3 is 11.1 Å². The van der Waals surface area contributed by atoms with Crippen molar-refractivity contribution < 1.29 is 4.92 Å². The molecule has 92 valence electrons. The van der Waals surface area contributed by atoms with Gasteiger partial charge in [-0.1, -0.05) is 6.92 Å². The zero-order chi connectivity index (χ0) is 12.8. The van der Waals surface area contributed by atoms with E-state index in [4.69, 9.17) is 18.0 Å². The molecule has 0 aliphatic heterocycles. The van der Waals surface area contributed by atoms with Crippen LogP contribution in [0.1, 0.15) is 13.3 Å². The Balaban J connectivity index is 3.01. The maximum atomic E-state index is 10.8. The Morgan fingerprint density at radius 3 is 2.88 bits per heavy atom. The SMILES string of the molecule is CCCSc1ccc([N+](=O)[O-])c(NC(N)=S)c1. The summed E-state index contributed by atoms with van der Waals surface area (Å²) in [6, 6.07) is 4.87. The number of benzene rings is 1. The van der Waals surface area contributed by atoms with Crippen LogP contribution in [0, 0.1) is 10.1 Å². The van der Waals surface area contributed by atoms with Gasteiger partial charge in [0.2, 0.25) is 0 Å². The molecule has 0 atom stereocenters. The lowest BCUT2D eigenvalue weighted by Gasteiger charge is -2.07. The highest BCUT2D eigenvalue weighted by molar-refractivity contribution is 7.99. The van der Waals surface area contributed by atoms with Crippen molar-refractivity contribution in [2.75, 3.05) is 11.1 Å². The Labute approximate surface area is 109 Å². The molecule has 0 amide bonds. The largest absolute Gasteiger partial charge is 0.376 e. The van der Waals surface area contributed by atoms with Crippen molar-refractivity contribution >= 4 is 40.5 Å². The van der Waals surface area contributed by atoms with Crippen LogP contribution >= 0.6 is 24.0 Å². The summed E-state index contributed by atoms with van der Waals surface area (Å²) in [5.74, 6) is 0.963. The molecule has 0 spiro atoms. The molecule has 0 saturated carbocycles. The third-order valence-corrected chi connectivity index (χ3v) is 3.20. The van der Waals surface area contributed by atoms with E-state index in [-0.39, 0.29) is 10.8 Å². The van der Waals surface area contributed by atoms with Gasteiger partial charge in [-0.25, -0.2) is 0 Å². The first-order valence-electron chi connectivity index (χ1n) is 5.02. The molecular formula is C10H13N3O2S2. The normalized spacial score (nSPS) is 9.94. The zero-order valence-electron chi connectivity index (χ0n) is 9.30. The molecule has 0 fully saturated rings. The number of hydrogen-bond donors (Lipinski definition) is 2. The van der Waals surface area contributed by atoms with Gasteiger partial charge in [0.15, 0.2) is 5.11 Å². The molecule has 0 bridgehead atoms. The number of thioether (sulfide) groups is 1. The summed E-state index contributed by atoms with van der Waals surface area (Å²) in [6.45, 7) is 2.08. The molecule has 1 aromatic carbocycles. The number of rotatable bonds is 5. The predicted molar refractivity (Wildman–Crippen MR) is 74.5 cm³/mol. The number of thiocarbonyl (C=S) groups is 1. The highest BCUT2D eigenvalue weighted by atomic mass is 32.2. The number of nitrogens with one attached hydrogen (secondary N) is 1. The van der Waals surface area contributed by atoms with Gasteiger partial charge in [0.05, 0.1) is 4.92 Å². The molecule has 1 aromatic rings. The number of nitro groups is 1. The summed E-state index contributed by atoms with van der Waals surface area (Å²) in [5, 5.41) is 13.4. The number of nitro benzene ring substituents is 1. The van der Waals surface area contributed by atoms with E-state index in [1.807, 2.05) is 0 Å². The van der Waals surface area contributed by atoms with Crippen LogP contribution in [-0.4, -0.2) is 15.8 Å². The first kappa shape index (κ1) is 13.7. The van der Waals surface area contributed by atoms with Crippen LogP contribution in [-0.2, 0) is 0 Å². The smallest absolute Gasteiger partial charge is 0.292 e. The van der Waals surface area contributed by atoms with E-state index in [1.165, 1.54) is 6.07 Å². The molecule has 1 rings (SSSR count). The van der Waals surface area contributed by atoms with E-state index in [9.17, 15) is 10.1 Å². The number of nitrogens with two attached hydrogens (primary N) is 1. The summed E-state index contributed by atoms with van der Waals surface area (Å²) >= 11 is 6.33. The lowest BCUT2D eigenvalue weighted by atomic mass is 10.2. The molecule has 0 aliphatic rings. The fourth-order valence-electron chi connectivity index (χ4n) is 1.22. The highest BCUT2D eigenvalue weighted by Crippen LogP contribution is 2.30. The molecule has 0 saturated heterocycles. The molecular weight excluding hydrogens is 258 g/mol. The lowest BCUT2D eigenvalue weighted by Crippen LogP contribution is -2.19. The van der Waals surface area contributed by atoms with Gasteiger partial charge in [-0.3, -0.25) is 10.1 Å². The second-order valence-corrected chi connectivity index (χ2v) is 4.88. The maximum Gasteiger partial charge on any atom is 0.292 e. The van der Waals surface area contributed by atoms with Gasteiger partial charge >= 0.3 is 0 Å².